The Morgan fingerprint density at radius 3 is 2.19 bits per heavy atom. The third-order valence-corrected chi connectivity index (χ3v) is 5.39. The largest absolute Gasteiger partial charge is 0.377 e. The number of amides is 1. The van der Waals surface area contributed by atoms with Gasteiger partial charge in [0.25, 0.3) is 0 Å². The molecule has 170 valence electrons. The van der Waals surface area contributed by atoms with E-state index in [9.17, 15) is 13.6 Å². The first-order chi connectivity index (χ1) is 15.0. The normalized spacial score (nSPS) is 13.0. The second kappa shape index (κ2) is 13.9. The lowest BCUT2D eigenvalue weighted by Crippen LogP contribution is -2.29. The Hall–Kier alpha value is -2.35. The summed E-state index contributed by atoms with van der Waals surface area (Å²) < 4.78 is 31.6. The minimum Gasteiger partial charge on any atom is -0.377 e. The van der Waals surface area contributed by atoms with Crippen molar-refractivity contribution in [1.29, 1.82) is 0 Å². The molecule has 0 heterocycles. The number of unbranched alkanes of at least 4 members (excludes halogenated alkanes) is 1. The molecule has 0 saturated heterocycles. The summed E-state index contributed by atoms with van der Waals surface area (Å²) in [5.41, 5.74) is 3.66. The molecule has 0 aliphatic rings. The molecule has 1 amide bonds. The first kappa shape index (κ1) is 24.9. The molecule has 2 rings (SSSR count). The molecule has 0 radical (unpaired) electrons. The monoisotopic (exact) mass is 434 g/mol. The Morgan fingerprint density at radius 1 is 0.968 bits per heavy atom. The van der Waals surface area contributed by atoms with Gasteiger partial charge >= 0.3 is 0 Å². The molecule has 2 aromatic carbocycles. The molecular formula is C24H32F2N2O3. The molecule has 0 saturated carbocycles. The molecule has 7 heteroatoms. The van der Waals surface area contributed by atoms with Crippen LogP contribution >= 0.6 is 0 Å². The van der Waals surface area contributed by atoms with Crippen molar-refractivity contribution < 1.29 is 23.5 Å². The number of methoxy groups -OCH3 is 1. The van der Waals surface area contributed by atoms with E-state index in [0.29, 0.717) is 12.8 Å². The van der Waals surface area contributed by atoms with Crippen molar-refractivity contribution in [2.24, 2.45) is 5.92 Å². The van der Waals surface area contributed by atoms with Gasteiger partial charge in [0.15, 0.2) is 0 Å². The van der Waals surface area contributed by atoms with Crippen molar-refractivity contribution in [2.45, 2.75) is 44.6 Å². The van der Waals surface area contributed by atoms with Gasteiger partial charge in [-0.1, -0.05) is 30.7 Å². The van der Waals surface area contributed by atoms with Crippen LogP contribution in [0.4, 0.5) is 8.78 Å². The van der Waals surface area contributed by atoms with Crippen molar-refractivity contribution in [3.05, 3.63) is 71.3 Å². The maximum Gasteiger partial charge on any atom is 0.246 e. The van der Waals surface area contributed by atoms with Crippen LogP contribution in [0, 0.1) is 17.6 Å². The molecule has 3 N–H and O–H groups in total. The molecule has 31 heavy (non-hydrogen) atoms. The number of hydroxylamine groups is 1. The molecule has 5 nitrogen and oxygen atoms in total. The number of carbonyl (C=O) groups excluding carboxylic acids is 1. The SMILES string of the molecule is CO[C@H](C[C@H](CCCCNCCCc1ccc(F)cc1)C(=O)NO)c1ccc(F)cc1. The van der Waals surface area contributed by atoms with Gasteiger partial charge < -0.3 is 10.1 Å². The topological polar surface area (TPSA) is 70.6 Å². The van der Waals surface area contributed by atoms with Gasteiger partial charge in [-0.25, -0.2) is 14.3 Å². The van der Waals surface area contributed by atoms with E-state index in [4.69, 9.17) is 9.94 Å². The van der Waals surface area contributed by atoms with Crippen LogP contribution in [-0.2, 0) is 16.0 Å². The predicted octanol–water partition coefficient (Wildman–Crippen LogP) is 4.56. The number of aryl methyl sites for hydroxylation is 1. The summed E-state index contributed by atoms with van der Waals surface area (Å²) in [6, 6.07) is 12.6. The van der Waals surface area contributed by atoms with Gasteiger partial charge in [-0.15, -0.1) is 0 Å². The first-order valence-corrected chi connectivity index (χ1v) is 10.7. The van der Waals surface area contributed by atoms with Crippen molar-refractivity contribution >= 4 is 5.91 Å². The number of rotatable bonds is 14. The average molecular weight is 435 g/mol. The fourth-order valence-corrected chi connectivity index (χ4v) is 3.59. The molecule has 0 fully saturated rings. The van der Waals surface area contributed by atoms with Crippen LogP contribution in [0.2, 0.25) is 0 Å². The van der Waals surface area contributed by atoms with Gasteiger partial charge in [-0.3, -0.25) is 10.0 Å². The van der Waals surface area contributed by atoms with E-state index < -0.39 is 11.8 Å². The van der Waals surface area contributed by atoms with Crippen LogP contribution in [0.25, 0.3) is 0 Å². The van der Waals surface area contributed by atoms with E-state index in [1.54, 1.807) is 36.9 Å². The smallest absolute Gasteiger partial charge is 0.246 e. The van der Waals surface area contributed by atoms with Crippen LogP contribution in [0.15, 0.2) is 48.5 Å². The average Bonchev–Trinajstić information content (AvgIpc) is 2.79. The van der Waals surface area contributed by atoms with Crippen LogP contribution in [0.5, 0.6) is 0 Å². The lowest BCUT2D eigenvalue weighted by Gasteiger charge is -2.22. The number of carbonyl (C=O) groups is 1. The lowest BCUT2D eigenvalue weighted by atomic mass is 9.91. The number of hydrogen-bond acceptors (Lipinski definition) is 4. The van der Waals surface area contributed by atoms with Gasteiger partial charge in [0, 0.05) is 13.0 Å². The zero-order valence-electron chi connectivity index (χ0n) is 17.9. The highest BCUT2D eigenvalue weighted by Crippen LogP contribution is 2.27. The number of nitrogens with one attached hydrogen (secondary N) is 2. The lowest BCUT2D eigenvalue weighted by molar-refractivity contribution is -0.135. The van der Waals surface area contributed by atoms with Crippen molar-refractivity contribution in [1.82, 2.24) is 10.8 Å². The van der Waals surface area contributed by atoms with Gasteiger partial charge in [0.05, 0.1) is 6.10 Å². The Kier molecular flexibility index (Phi) is 11.1. The molecule has 0 bridgehead atoms. The quantitative estimate of drug-likeness (QED) is 0.232. The summed E-state index contributed by atoms with van der Waals surface area (Å²) in [4.78, 5) is 12.1. The summed E-state index contributed by atoms with van der Waals surface area (Å²) in [7, 11) is 1.55. The van der Waals surface area contributed by atoms with E-state index in [0.717, 1.165) is 49.9 Å². The summed E-state index contributed by atoms with van der Waals surface area (Å²) >= 11 is 0. The van der Waals surface area contributed by atoms with Crippen LogP contribution < -0.4 is 10.8 Å². The first-order valence-electron chi connectivity index (χ1n) is 10.7. The van der Waals surface area contributed by atoms with Gasteiger partial charge in [0.1, 0.15) is 11.6 Å². The Balaban J connectivity index is 1.68. The van der Waals surface area contributed by atoms with Crippen molar-refractivity contribution in [3.8, 4) is 0 Å². The number of benzene rings is 2. The number of ether oxygens (including phenoxy) is 1. The molecule has 0 aliphatic carbocycles. The molecule has 2 aromatic rings. The maximum atomic E-state index is 13.2. The predicted molar refractivity (Wildman–Crippen MR) is 116 cm³/mol. The fraction of sp³-hybridized carbons (Fsp3) is 0.458. The summed E-state index contributed by atoms with van der Waals surface area (Å²) in [5, 5.41) is 12.5. The summed E-state index contributed by atoms with van der Waals surface area (Å²) in [5.74, 6) is -1.38. The highest BCUT2D eigenvalue weighted by molar-refractivity contribution is 5.77. The van der Waals surface area contributed by atoms with Crippen LogP contribution in [0.3, 0.4) is 0 Å². The highest BCUT2D eigenvalue weighted by Gasteiger charge is 2.23. The summed E-state index contributed by atoms with van der Waals surface area (Å²) in [6.45, 7) is 1.71. The van der Waals surface area contributed by atoms with E-state index >= 15 is 0 Å². The minimum absolute atomic E-state index is 0.218. The van der Waals surface area contributed by atoms with E-state index in [-0.39, 0.29) is 17.7 Å². The fourth-order valence-electron chi connectivity index (χ4n) is 3.59. The van der Waals surface area contributed by atoms with Crippen LogP contribution in [0.1, 0.15) is 49.3 Å². The van der Waals surface area contributed by atoms with Crippen molar-refractivity contribution in [3.63, 3.8) is 0 Å². The zero-order valence-corrected chi connectivity index (χ0v) is 17.9. The maximum absolute atomic E-state index is 13.2. The molecule has 0 aliphatic heterocycles. The molecule has 0 unspecified atom stereocenters. The number of halogens is 2. The zero-order chi connectivity index (χ0) is 22.5. The second-order valence-electron chi connectivity index (χ2n) is 7.66. The van der Waals surface area contributed by atoms with Crippen molar-refractivity contribution in [2.75, 3.05) is 20.2 Å². The summed E-state index contributed by atoms with van der Waals surface area (Å²) in [6.07, 6.45) is 4.25. The van der Waals surface area contributed by atoms with Crippen LogP contribution in [-0.4, -0.2) is 31.3 Å². The minimum atomic E-state index is -0.434. The Labute approximate surface area is 182 Å². The Bertz CT molecular complexity index is 769. The molecular weight excluding hydrogens is 402 g/mol. The molecule has 2 atom stereocenters. The molecule has 0 aromatic heterocycles. The second-order valence-corrected chi connectivity index (χ2v) is 7.66. The Morgan fingerprint density at radius 2 is 1.58 bits per heavy atom. The van der Waals surface area contributed by atoms with E-state index in [1.807, 2.05) is 0 Å². The van der Waals surface area contributed by atoms with Gasteiger partial charge in [-0.2, -0.15) is 0 Å². The third-order valence-electron chi connectivity index (χ3n) is 5.39. The van der Waals surface area contributed by atoms with Gasteiger partial charge in [0.2, 0.25) is 5.91 Å². The number of hydrogen-bond donors (Lipinski definition) is 3. The van der Waals surface area contributed by atoms with E-state index in [2.05, 4.69) is 5.32 Å². The highest BCUT2D eigenvalue weighted by atomic mass is 19.1. The van der Waals surface area contributed by atoms with Gasteiger partial charge in [-0.05, 0) is 80.6 Å². The standard InChI is InChI=1S/C24H32F2N2O3/c1-31-23(19-9-13-22(26)14-10-19)17-20(24(29)28-30)6-2-3-15-27-16-4-5-18-7-11-21(25)12-8-18/h7-14,20,23,27,30H,2-6,15-17H2,1H3,(H,28,29)/t20-,23+/m0/s1. The third kappa shape index (κ3) is 9.12. The van der Waals surface area contributed by atoms with E-state index in [1.165, 1.54) is 24.3 Å². The molecule has 0 spiro atoms.